The Morgan fingerprint density at radius 2 is 1.89 bits per heavy atom. The minimum absolute atomic E-state index is 0.166. The predicted molar refractivity (Wildman–Crippen MR) is 72.9 cm³/mol. The Bertz CT molecular complexity index is 600. The van der Waals surface area contributed by atoms with E-state index < -0.39 is 11.6 Å². The lowest BCUT2D eigenvalue weighted by atomic mass is 10.2. The van der Waals surface area contributed by atoms with E-state index in [9.17, 15) is 8.78 Å². The quantitative estimate of drug-likeness (QED) is 0.808. The fraction of sp³-hybridized carbons (Fsp3) is 0.0769. The molecule has 3 N–H and O–H groups in total. The lowest BCUT2D eigenvalue weighted by Gasteiger charge is -2.12. The summed E-state index contributed by atoms with van der Waals surface area (Å²) < 4.78 is 28.0. The average molecular weight is 313 g/mol. The van der Waals surface area contributed by atoms with Gasteiger partial charge in [-0.05, 0) is 52.7 Å². The van der Waals surface area contributed by atoms with Gasteiger partial charge in [-0.25, -0.2) is 8.78 Å². The zero-order valence-corrected chi connectivity index (χ0v) is 11.2. The summed E-state index contributed by atoms with van der Waals surface area (Å²) in [6, 6.07) is 7.59. The molecule has 0 saturated carbocycles. The van der Waals surface area contributed by atoms with Crippen LogP contribution in [0.3, 0.4) is 0 Å². The molecule has 0 fully saturated rings. The molecule has 0 amide bonds. The van der Waals surface area contributed by atoms with Crippen LogP contribution in [0.2, 0.25) is 0 Å². The van der Waals surface area contributed by atoms with Gasteiger partial charge >= 0.3 is 0 Å². The summed E-state index contributed by atoms with van der Waals surface area (Å²) in [5, 5.41) is 2.72. The van der Waals surface area contributed by atoms with Crippen molar-refractivity contribution in [1.82, 2.24) is 0 Å². The van der Waals surface area contributed by atoms with E-state index in [0.29, 0.717) is 21.4 Å². The maximum Gasteiger partial charge on any atom is 0.152 e. The van der Waals surface area contributed by atoms with Crippen LogP contribution < -0.4 is 11.1 Å². The first-order chi connectivity index (χ1) is 8.49. The van der Waals surface area contributed by atoms with Crippen molar-refractivity contribution in [1.29, 1.82) is 0 Å². The lowest BCUT2D eigenvalue weighted by Crippen LogP contribution is -2.00. The Morgan fingerprint density at radius 3 is 2.56 bits per heavy atom. The van der Waals surface area contributed by atoms with Crippen molar-refractivity contribution < 1.29 is 8.78 Å². The molecule has 0 atom stereocenters. The normalized spacial score (nSPS) is 10.4. The van der Waals surface area contributed by atoms with Crippen LogP contribution in [-0.2, 0) is 0 Å². The molecule has 2 rings (SSSR count). The monoisotopic (exact) mass is 312 g/mol. The summed E-state index contributed by atoms with van der Waals surface area (Å²) in [5.41, 5.74) is 6.93. The number of hydrogen-bond acceptors (Lipinski definition) is 2. The Morgan fingerprint density at radius 1 is 1.17 bits per heavy atom. The van der Waals surface area contributed by atoms with Gasteiger partial charge in [0.25, 0.3) is 0 Å². The van der Waals surface area contributed by atoms with Gasteiger partial charge in [-0.2, -0.15) is 0 Å². The Kier molecular flexibility index (Phi) is 3.52. The lowest BCUT2D eigenvalue weighted by molar-refractivity contribution is 0.585. The molecule has 18 heavy (non-hydrogen) atoms. The number of nitrogens with one attached hydrogen (secondary N) is 1. The van der Waals surface area contributed by atoms with Crippen LogP contribution in [0.5, 0.6) is 0 Å². The molecule has 0 saturated heterocycles. The molecule has 2 nitrogen and oxygen atoms in total. The van der Waals surface area contributed by atoms with Gasteiger partial charge in [0.1, 0.15) is 11.5 Å². The molecule has 0 aromatic heterocycles. The van der Waals surface area contributed by atoms with Crippen LogP contribution in [0.25, 0.3) is 0 Å². The molecular formula is C13H11BrF2N2. The Hall–Kier alpha value is -1.62. The second-order valence-electron chi connectivity index (χ2n) is 3.92. The standard InChI is InChI=1S/C13H11BrF2N2/c1-7-2-4-10(15)13(12(7)16)18-11-5-3-8(17)6-9(11)14/h2-6,18H,17H2,1H3. The highest BCUT2D eigenvalue weighted by molar-refractivity contribution is 9.10. The first kappa shape index (κ1) is 12.8. The summed E-state index contributed by atoms with van der Waals surface area (Å²) in [6.45, 7) is 1.58. The Balaban J connectivity index is 2.43. The molecule has 0 unspecified atom stereocenters. The number of nitrogens with two attached hydrogens (primary N) is 1. The van der Waals surface area contributed by atoms with Gasteiger partial charge in [-0.1, -0.05) is 6.07 Å². The molecule has 5 heteroatoms. The van der Waals surface area contributed by atoms with E-state index in [-0.39, 0.29) is 5.69 Å². The van der Waals surface area contributed by atoms with Crippen LogP contribution in [-0.4, -0.2) is 0 Å². The third-order valence-electron chi connectivity index (χ3n) is 2.54. The number of benzene rings is 2. The third kappa shape index (κ3) is 2.46. The number of hydrogen-bond donors (Lipinski definition) is 2. The van der Waals surface area contributed by atoms with E-state index in [4.69, 9.17) is 5.73 Å². The van der Waals surface area contributed by atoms with E-state index >= 15 is 0 Å². The summed E-state index contributed by atoms with van der Waals surface area (Å²) in [7, 11) is 0. The zero-order chi connectivity index (χ0) is 13.3. The zero-order valence-electron chi connectivity index (χ0n) is 9.60. The number of nitrogen functional groups attached to an aromatic ring is 1. The van der Waals surface area contributed by atoms with Crippen molar-refractivity contribution in [3.05, 3.63) is 52.0 Å². The van der Waals surface area contributed by atoms with E-state index in [1.165, 1.54) is 12.1 Å². The number of halogens is 3. The average Bonchev–Trinajstić information content (AvgIpc) is 2.32. The van der Waals surface area contributed by atoms with E-state index in [1.807, 2.05) is 0 Å². The van der Waals surface area contributed by atoms with Crippen LogP contribution >= 0.6 is 15.9 Å². The van der Waals surface area contributed by atoms with Crippen molar-refractivity contribution >= 4 is 33.0 Å². The van der Waals surface area contributed by atoms with Gasteiger partial charge in [-0.15, -0.1) is 0 Å². The predicted octanol–water partition coefficient (Wildman–Crippen LogP) is 4.36. The second-order valence-corrected chi connectivity index (χ2v) is 4.77. The van der Waals surface area contributed by atoms with E-state index in [0.717, 1.165) is 0 Å². The molecule has 0 spiro atoms. The van der Waals surface area contributed by atoms with Crippen molar-refractivity contribution in [2.24, 2.45) is 0 Å². The number of rotatable bonds is 2. The molecule has 94 valence electrons. The molecule has 0 radical (unpaired) electrons. The topological polar surface area (TPSA) is 38.0 Å². The Labute approximate surface area is 112 Å². The summed E-state index contributed by atoms with van der Waals surface area (Å²) in [4.78, 5) is 0. The SMILES string of the molecule is Cc1ccc(F)c(Nc2ccc(N)cc2Br)c1F. The van der Waals surface area contributed by atoms with Crippen molar-refractivity contribution in [2.75, 3.05) is 11.1 Å². The molecule has 0 aliphatic carbocycles. The summed E-state index contributed by atoms with van der Waals surface area (Å²) in [6.07, 6.45) is 0. The van der Waals surface area contributed by atoms with Gasteiger partial charge in [-0.3, -0.25) is 0 Å². The second kappa shape index (κ2) is 4.94. The maximum absolute atomic E-state index is 13.8. The van der Waals surface area contributed by atoms with E-state index in [2.05, 4.69) is 21.2 Å². The summed E-state index contributed by atoms with van der Waals surface area (Å²) in [5.74, 6) is -1.24. The van der Waals surface area contributed by atoms with Crippen LogP contribution in [0.4, 0.5) is 25.8 Å². The summed E-state index contributed by atoms with van der Waals surface area (Å²) >= 11 is 3.28. The van der Waals surface area contributed by atoms with Crippen LogP contribution in [0.1, 0.15) is 5.56 Å². The van der Waals surface area contributed by atoms with Gasteiger partial charge in [0.15, 0.2) is 5.82 Å². The maximum atomic E-state index is 13.8. The van der Waals surface area contributed by atoms with Gasteiger partial charge in [0.2, 0.25) is 0 Å². The van der Waals surface area contributed by atoms with E-state index in [1.54, 1.807) is 25.1 Å². The minimum Gasteiger partial charge on any atom is -0.399 e. The highest BCUT2D eigenvalue weighted by Gasteiger charge is 2.12. The number of anilines is 3. The van der Waals surface area contributed by atoms with Crippen LogP contribution in [0, 0.1) is 18.6 Å². The molecule has 0 aliphatic rings. The highest BCUT2D eigenvalue weighted by Crippen LogP contribution is 2.31. The molecule has 2 aromatic rings. The fourth-order valence-corrected chi connectivity index (χ4v) is 2.03. The van der Waals surface area contributed by atoms with Gasteiger partial charge < -0.3 is 11.1 Å². The molecule has 2 aromatic carbocycles. The molecule has 0 bridgehead atoms. The van der Waals surface area contributed by atoms with Crippen molar-refractivity contribution in [3.63, 3.8) is 0 Å². The molecular weight excluding hydrogens is 302 g/mol. The first-order valence-electron chi connectivity index (χ1n) is 5.25. The van der Waals surface area contributed by atoms with Gasteiger partial charge in [0.05, 0.1) is 5.69 Å². The van der Waals surface area contributed by atoms with Crippen molar-refractivity contribution in [2.45, 2.75) is 6.92 Å². The highest BCUT2D eigenvalue weighted by atomic mass is 79.9. The van der Waals surface area contributed by atoms with Crippen LogP contribution in [0.15, 0.2) is 34.8 Å². The van der Waals surface area contributed by atoms with Gasteiger partial charge in [0, 0.05) is 10.2 Å². The smallest absolute Gasteiger partial charge is 0.152 e. The molecule has 0 aliphatic heterocycles. The fourth-order valence-electron chi connectivity index (χ4n) is 1.54. The number of aryl methyl sites for hydroxylation is 1. The first-order valence-corrected chi connectivity index (χ1v) is 6.05. The molecule has 0 heterocycles. The largest absolute Gasteiger partial charge is 0.399 e. The third-order valence-corrected chi connectivity index (χ3v) is 3.19. The minimum atomic E-state index is -0.637. The van der Waals surface area contributed by atoms with Crippen molar-refractivity contribution in [3.8, 4) is 0 Å².